The van der Waals surface area contributed by atoms with Gasteiger partial charge in [-0.05, 0) is 61.3 Å². The van der Waals surface area contributed by atoms with E-state index < -0.39 is 5.41 Å². The number of piperidine rings is 1. The van der Waals surface area contributed by atoms with Crippen LogP contribution in [0.1, 0.15) is 25.3 Å². The molecule has 2 aromatic heterocycles. The van der Waals surface area contributed by atoms with Crippen LogP contribution in [-0.2, 0) is 20.7 Å². The van der Waals surface area contributed by atoms with E-state index in [2.05, 4.69) is 30.5 Å². The Kier molecular flexibility index (Phi) is 4.81. The highest BCUT2D eigenvalue weighted by Gasteiger charge is 2.48. The van der Waals surface area contributed by atoms with Crippen LogP contribution < -0.4 is 0 Å². The summed E-state index contributed by atoms with van der Waals surface area (Å²) in [6.45, 7) is 4.30. The van der Waals surface area contributed by atoms with Gasteiger partial charge in [-0.1, -0.05) is 6.07 Å². The molecule has 0 N–H and O–H groups in total. The number of hydrogen-bond acceptors (Lipinski definition) is 9. The maximum atomic E-state index is 13.1. The molecule has 0 aliphatic carbocycles. The van der Waals surface area contributed by atoms with E-state index in [4.69, 9.17) is 4.74 Å². The van der Waals surface area contributed by atoms with Crippen LogP contribution in [0.2, 0.25) is 0 Å². The van der Waals surface area contributed by atoms with E-state index in [1.165, 1.54) is 16.0 Å². The van der Waals surface area contributed by atoms with Gasteiger partial charge in [0.05, 0.1) is 16.7 Å². The second kappa shape index (κ2) is 7.65. The molecule has 5 rings (SSSR count). The first-order valence-electron chi connectivity index (χ1n) is 10.2. The summed E-state index contributed by atoms with van der Waals surface area (Å²) in [7, 11) is 0. The van der Waals surface area contributed by atoms with E-state index in [1.54, 1.807) is 13.1 Å². The zero-order chi connectivity index (χ0) is 21.4. The van der Waals surface area contributed by atoms with Crippen molar-refractivity contribution in [3.8, 4) is 5.82 Å². The molecular weight excluding hydrogens is 400 g/mol. The smallest absolute Gasteiger partial charge is 0.336 e. The molecule has 0 radical (unpaired) electrons. The lowest BCUT2D eigenvalue weighted by Crippen LogP contribution is -2.46. The minimum absolute atomic E-state index is 0.0535. The molecule has 1 saturated heterocycles. The largest absolute Gasteiger partial charge is 0.456 e. The number of cyclic esters (lactones) is 1. The monoisotopic (exact) mass is 422 g/mol. The lowest BCUT2D eigenvalue weighted by atomic mass is 9.79. The number of pyridine rings is 1. The zero-order valence-corrected chi connectivity index (χ0v) is 17.1. The van der Waals surface area contributed by atoms with Gasteiger partial charge in [-0.15, -0.1) is 5.10 Å². The van der Waals surface area contributed by atoms with Crippen molar-refractivity contribution in [2.75, 3.05) is 26.2 Å². The van der Waals surface area contributed by atoms with E-state index in [0.717, 1.165) is 31.6 Å². The summed E-state index contributed by atoms with van der Waals surface area (Å²) in [6.07, 6.45) is 7.41. The minimum atomic E-state index is -0.579. The number of esters is 1. The summed E-state index contributed by atoms with van der Waals surface area (Å²) >= 11 is 0. The number of ether oxygens (including phenoxy) is 1. The number of carbonyl (C=O) groups is 2. The van der Waals surface area contributed by atoms with Crippen LogP contribution in [-0.4, -0.2) is 79.4 Å². The quantitative estimate of drug-likeness (QED) is 0.633. The molecule has 11 heteroatoms. The molecular formula is C20H22N8O3. The SMILES string of the molecule is CC1=C(N2N=CC3(CCN(CCc4ccc(-n5cnnn5)nc4)CC3)C2=O)COC1=O. The molecule has 1 spiro atoms. The van der Waals surface area contributed by atoms with Crippen LogP contribution in [0.5, 0.6) is 0 Å². The van der Waals surface area contributed by atoms with Gasteiger partial charge >= 0.3 is 5.97 Å². The summed E-state index contributed by atoms with van der Waals surface area (Å²) in [4.78, 5) is 31.5. The number of likely N-dealkylation sites (tertiary alicyclic amines) is 1. The third-order valence-corrected chi connectivity index (χ3v) is 6.23. The Bertz CT molecular complexity index is 1050. The highest BCUT2D eigenvalue weighted by atomic mass is 16.5. The number of hydrazone groups is 1. The fourth-order valence-corrected chi connectivity index (χ4v) is 4.14. The van der Waals surface area contributed by atoms with Crippen molar-refractivity contribution in [1.29, 1.82) is 0 Å². The number of hydrogen-bond donors (Lipinski definition) is 0. The Morgan fingerprint density at radius 1 is 1.19 bits per heavy atom. The van der Waals surface area contributed by atoms with Crippen LogP contribution in [0.25, 0.3) is 5.82 Å². The van der Waals surface area contributed by atoms with Gasteiger partial charge in [0, 0.05) is 19.0 Å². The molecule has 160 valence electrons. The predicted molar refractivity (Wildman–Crippen MR) is 108 cm³/mol. The fraction of sp³-hybridized carbons (Fsp3) is 0.450. The van der Waals surface area contributed by atoms with E-state index in [-0.39, 0.29) is 18.5 Å². The van der Waals surface area contributed by atoms with Crippen LogP contribution >= 0.6 is 0 Å². The summed E-state index contributed by atoms with van der Waals surface area (Å²) in [6, 6.07) is 3.93. The molecule has 0 bridgehead atoms. The van der Waals surface area contributed by atoms with E-state index in [9.17, 15) is 9.59 Å². The Morgan fingerprint density at radius 2 is 2.03 bits per heavy atom. The number of tetrazole rings is 1. The number of nitrogens with zero attached hydrogens (tertiary/aromatic N) is 8. The van der Waals surface area contributed by atoms with Gasteiger partial charge in [0.2, 0.25) is 0 Å². The lowest BCUT2D eigenvalue weighted by Gasteiger charge is -2.36. The zero-order valence-electron chi connectivity index (χ0n) is 17.1. The topological polar surface area (TPSA) is 119 Å². The van der Waals surface area contributed by atoms with Crippen molar-refractivity contribution in [2.45, 2.75) is 26.2 Å². The summed E-state index contributed by atoms with van der Waals surface area (Å²) in [5.41, 5.74) is 1.57. The van der Waals surface area contributed by atoms with Gasteiger partial charge in [0.15, 0.2) is 5.82 Å². The van der Waals surface area contributed by atoms with Crippen LogP contribution in [0, 0.1) is 5.41 Å². The number of amides is 1. The molecule has 0 atom stereocenters. The van der Waals surface area contributed by atoms with Crippen molar-refractivity contribution >= 4 is 18.1 Å². The van der Waals surface area contributed by atoms with E-state index in [1.807, 2.05) is 18.3 Å². The molecule has 0 aromatic carbocycles. The Hall–Kier alpha value is -3.47. The van der Waals surface area contributed by atoms with Gasteiger partial charge in [-0.2, -0.15) is 9.78 Å². The molecule has 1 fully saturated rings. The van der Waals surface area contributed by atoms with Gasteiger partial charge < -0.3 is 9.64 Å². The molecule has 0 saturated carbocycles. The van der Waals surface area contributed by atoms with Gasteiger partial charge in [-0.3, -0.25) is 4.79 Å². The highest BCUT2D eigenvalue weighted by molar-refractivity contribution is 6.04. The summed E-state index contributed by atoms with van der Waals surface area (Å²) in [5.74, 6) is 0.244. The van der Waals surface area contributed by atoms with Crippen molar-refractivity contribution in [2.24, 2.45) is 10.5 Å². The standard InChI is InChI=1S/C20H22N8O3/c1-14-16(11-31-18(14)29)28-19(30)20(12-23-28)5-8-26(9-6-20)7-4-15-2-3-17(21-10-15)27-13-22-24-25-27/h2-3,10,12-13H,4-9,11H2,1H3. The van der Waals surface area contributed by atoms with Crippen molar-refractivity contribution < 1.29 is 14.3 Å². The first-order chi connectivity index (χ1) is 15.1. The maximum absolute atomic E-state index is 13.1. The van der Waals surface area contributed by atoms with Crippen LogP contribution in [0.15, 0.2) is 41.0 Å². The predicted octanol–water partition coefficient (Wildman–Crippen LogP) is 0.341. The van der Waals surface area contributed by atoms with Gasteiger partial charge in [-0.25, -0.2) is 14.8 Å². The van der Waals surface area contributed by atoms with E-state index in [0.29, 0.717) is 29.9 Å². The van der Waals surface area contributed by atoms with Crippen LogP contribution in [0.4, 0.5) is 0 Å². The average Bonchev–Trinajstić information content (AvgIpc) is 3.51. The fourth-order valence-electron chi connectivity index (χ4n) is 4.14. The molecule has 3 aliphatic heterocycles. The first kappa shape index (κ1) is 19.5. The number of aromatic nitrogens is 5. The molecule has 11 nitrogen and oxygen atoms in total. The van der Waals surface area contributed by atoms with Crippen molar-refractivity contribution in [1.82, 2.24) is 35.1 Å². The molecule has 31 heavy (non-hydrogen) atoms. The summed E-state index contributed by atoms with van der Waals surface area (Å²) in [5, 5.41) is 16.8. The Morgan fingerprint density at radius 3 is 2.68 bits per heavy atom. The third kappa shape index (κ3) is 3.50. The van der Waals surface area contributed by atoms with Gasteiger partial charge in [0.25, 0.3) is 5.91 Å². The van der Waals surface area contributed by atoms with Gasteiger partial charge in [0.1, 0.15) is 12.9 Å². The highest BCUT2D eigenvalue weighted by Crippen LogP contribution is 2.38. The van der Waals surface area contributed by atoms with Crippen LogP contribution in [0.3, 0.4) is 0 Å². The lowest BCUT2D eigenvalue weighted by molar-refractivity contribution is -0.138. The molecule has 0 unspecified atom stereocenters. The molecule has 3 aliphatic rings. The molecule has 5 heterocycles. The minimum Gasteiger partial charge on any atom is -0.456 e. The summed E-state index contributed by atoms with van der Waals surface area (Å²) < 4.78 is 6.54. The maximum Gasteiger partial charge on any atom is 0.336 e. The third-order valence-electron chi connectivity index (χ3n) is 6.23. The van der Waals surface area contributed by atoms with Crippen molar-refractivity contribution in [3.05, 3.63) is 41.5 Å². The Balaban J connectivity index is 1.15. The average molecular weight is 422 g/mol. The second-order valence-electron chi connectivity index (χ2n) is 8.04. The molecule has 2 aromatic rings. The molecule has 1 amide bonds. The first-order valence-corrected chi connectivity index (χ1v) is 10.2. The Labute approximate surface area is 178 Å². The number of carbonyl (C=O) groups excluding carboxylic acids is 2. The van der Waals surface area contributed by atoms with Crippen molar-refractivity contribution in [3.63, 3.8) is 0 Å². The second-order valence-corrected chi connectivity index (χ2v) is 8.04. The normalized spacial score (nSPS) is 20.9. The number of rotatable bonds is 5. The van der Waals surface area contributed by atoms with E-state index >= 15 is 0 Å².